The summed E-state index contributed by atoms with van der Waals surface area (Å²) in [7, 11) is 1.63. The molecule has 0 aliphatic heterocycles. The van der Waals surface area contributed by atoms with Gasteiger partial charge in [0.15, 0.2) is 5.84 Å². The molecule has 2 rings (SSSR count). The van der Waals surface area contributed by atoms with Crippen molar-refractivity contribution >= 4 is 17.5 Å². The fourth-order valence-electron chi connectivity index (χ4n) is 1.46. The van der Waals surface area contributed by atoms with Gasteiger partial charge in [0, 0.05) is 12.6 Å². The van der Waals surface area contributed by atoms with Crippen LogP contribution in [-0.2, 0) is 0 Å². The highest BCUT2D eigenvalue weighted by Crippen LogP contribution is 2.13. The number of para-hydroxylation sites is 1. The number of amidine groups is 1. The topological polar surface area (TPSA) is 37.1 Å². The summed E-state index contributed by atoms with van der Waals surface area (Å²) in [4.78, 5) is 12.4. The largest absolute Gasteiger partial charge is 0.229 e. The van der Waals surface area contributed by atoms with E-state index in [2.05, 4.69) is 21.0 Å². The van der Waals surface area contributed by atoms with E-state index in [1.165, 1.54) is 0 Å². The summed E-state index contributed by atoms with van der Waals surface area (Å²) in [6.45, 7) is 0. The van der Waals surface area contributed by atoms with Crippen LogP contribution in [0.1, 0.15) is 5.56 Å². The van der Waals surface area contributed by atoms with Gasteiger partial charge in [0.25, 0.3) is 0 Å². The molecule has 0 fully saturated rings. The van der Waals surface area contributed by atoms with Crippen LogP contribution in [0.3, 0.4) is 0 Å². The third-order valence-electron chi connectivity index (χ3n) is 2.28. The molecule has 2 aromatic carbocycles. The average Bonchev–Trinajstić information content (AvgIpc) is 2.45. The van der Waals surface area contributed by atoms with E-state index in [0.717, 1.165) is 11.3 Å². The first-order valence-corrected chi connectivity index (χ1v) is 5.64. The highest BCUT2D eigenvalue weighted by molar-refractivity contribution is 6.03. The SMILES string of the molecule is CN=C=NC(=Nc1ccccc1)c1ccccc1. The summed E-state index contributed by atoms with van der Waals surface area (Å²) in [5, 5.41) is 0. The second-order valence-electron chi connectivity index (χ2n) is 3.57. The summed E-state index contributed by atoms with van der Waals surface area (Å²) in [5.41, 5.74) is 1.80. The Morgan fingerprint density at radius 2 is 1.50 bits per heavy atom. The van der Waals surface area contributed by atoms with Crippen LogP contribution in [0.25, 0.3) is 0 Å². The highest BCUT2D eigenvalue weighted by Gasteiger charge is 2.00. The van der Waals surface area contributed by atoms with E-state index in [1.807, 2.05) is 60.7 Å². The monoisotopic (exact) mass is 235 g/mol. The lowest BCUT2D eigenvalue weighted by atomic mass is 10.2. The molecule has 0 heterocycles. The minimum atomic E-state index is 0.604. The zero-order valence-corrected chi connectivity index (χ0v) is 10.1. The van der Waals surface area contributed by atoms with E-state index in [1.54, 1.807) is 7.05 Å². The van der Waals surface area contributed by atoms with Crippen molar-refractivity contribution in [2.75, 3.05) is 7.05 Å². The number of hydrogen-bond donors (Lipinski definition) is 0. The molecule has 18 heavy (non-hydrogen) atoms. The maximum Gasteiger partial charge on any atom is 0.171 e. The predicted octanol–water partition coefficient (Wildman–Crippen LogP) is 3.57. The molecule has 0 amide bonds. The normalized spacial score (nSPS) is 10.6. The fraction of sp³-hybridized carbons (Fsp3) is 0.0667. The van der Waals surface area contributed by atoms with Crippen molar-refractivity contribution in [1.29, 1.82) is 0 Å². The molecule has 0 unspecified atom stereocenters. The first-order valence-electron chi connectivity index (χ1n) is 5.64. The lowest BCUT2D eigenvalue weighted by Crippen LogP contribution is -1.95. The summed E-state index contributed by atoms with van der Waals surface area (Å²) in [5.74, 6) is 0.604. The molecule has 0 aliphatic rings. The van der Waals surface area contributed by atoms with Gasteiger partial charge in [-0.15, -0.1) is 0 Å². The summed E-state index contributed by atoms with van der Waals surface area (Å²) < 4.78 is 0. The molecule has 2 aromatic rings. The molecule has 3 heteroatoms. The molecule has 0 aromatic heterocycles. The minimum Gasteiger partial charge on any atom is -0.229 e. The number of rotatable bonds is 2. The molecule has 0 N–H and O–H groups in total. The van der Waals surface area contributed by atoms with Gasteiger partial charge in [0.05, 0.1) is 11.7 Å². The van der Waals surface area contributed by atoms with E-state index < -0.39 is 0 Å². The Labute approximate surface area is 106 Å². The molecular formula is C15H13N3. The van der Waals surface area contributed by atoms with Crippen LogP contribution in [0, 0.1) is 0 Å². The van der Waals surface area contributed by atoms with Crippen LogP contribution >= 0.6 is 0 Å². The maximum absolute atomic E-state index is 4.49. The molecule has 0 spiro atoms. The van der Waals surface area contributed by atoms with Crippen molar-refractivity contribution in [2.45, 2.75) is 0 Å². The Morgan fingerprint density at radius 1 is 0.889 bits per heavy atom. The average molecular weight is 235 g/mol. The molecule has 0 saturated heterocycles. The van der Waals surface area contributed by atoms with Crippen molar-refractivity contribution in [2.24, 2.45) is 15.0 Å². The fourth-order valence-corrected chi connectivity index (χ4v) is 1.46. The zero-order chi connectivity index (χ0) is 12.6. The number of benzene rings is 2. The molecule has 0 atom stereocenters. The Morgan fingerprint density at radius 3 is 2.11 bits per heavy atom. The first-order chi connectivity index (χ1) is 8.90. The standard InChI is InChI=1S/C15H13N3/c1-16-12-17-15(13-8-4-2-5-9-13)18-14-10-6-3-7-11-14/h2-11H,1H3. The van der Waals surface area contributed by atoms with Crippen LogP contribution in [0.2, 0.25) is 0 Å². The van der Waals surface area contributed by atoms with Gasteiger partial charge in [-0.3, -0.25) is 0 Å². The Kier molecular flexibility index (Phi) is 4.17. The molecule has 0 aliphatic carbocycles. The van der Waals surface area contributed by atoms with Gasteiger partial charge < -0.3 is 0 Å². The van der Waals surface area contributed by atoms with Crippen LogP contribution in [-0.4, -0.2) is 18.9 Å². The third kappa shape index (κ3) is 3.24. The van der Waals surface area contributed by atoms with Crippen molar-refractivity contribution in [3.05, 3.63) is 66.2 Å². The second kappa shape index (κ2) is 6.28. The summed E-state index contributed by atoms with van der Waals surface area (Å²) >= 11 is 0. The van der Waals surface area contributed by atoms with Gasteiger partial charge in [0.1, 0.15) is 0 Å². The molecule has 0 radical (unpaired) electrons. The van der Waals surface area contributed by atoms with E-state index in [-0.39, 0.29) is 0 Å². The second-order valence-corrected chi connectivity index (χ2v) is 3.57. The van der Waals surface area contributed by atoms with Crippen molar-refractivity contribution in [1.82, 2.24) is 0 Å². The van der Waals surface area contributed by atoms with E-state index in [4.69, 9.17) is 0 Å². The number of aliphatic imine (C=N–C) groups is 3. The van der Waals surface area contributed by atoms with Crippen molar-refractivity contribution in [3.8, 4) is 0 Å². The van der Waals surface area contributed by atoms with Gasteiger partial charge in [-0.05, 0) is 12.1 Å². The minimum absolute atomic E-state index is 0.604. The summed E-state index contributed by atoms with van der Waals surface area (Å²) in [6.07, 6.45) is 0. The summed E-state index contributed by atoms with van der Waals surface area (Å²) in [6, 6.07) is 22.1. The van der Waals surface area contributed by atoms with Gasteiger partial charge in [-0.2, -0.15) is 4.99 Å². The number of hydrogen-bond acceptors (Lipinski definition) is 2. The number of nitrogens with zero attached hydrogens (tertiary/aromatic N) is 3. The predicted molar refractivity (Wildman–Crippen MR) is 74.9 cm³/mol. The molecular weight excluding hydrogens is 222 g/mol. The lowest BCUT2D eigenvalue weighted by Gasteiger charge is -1.99. The van der Waals surface area contributed by atoms with Crippen LogP contribution in [0.15, 0.2) is 75.6 Å². The first kappa shape index (κ1) is 12.0. The Bertz CT molecular complexity index is 580. The lowest BCUT2D eigenvalue weighted by molar-refractivity contribution is 1.43. The molecule has 0 bridgehead atoms. The van der Waals surface area contributed by atoms with Crippen LogP contribution in [0.5, 0.6) is 0 Å². The van der Waals surface area contributed by atoms with Crippen LogP contribution in [0.4, 0.5) is 5.69 Å². The Balaban J connectivity index is 2.44. The van der Waals surface area contributed by atoms with Gasteiger partial charge in [-0.1, -0.05) is 48.5 Å². The smallest absolute Gasteiger partial charge is 0.171 e. The molecule has 88 valence electrons. The Hall–Kier alpha value is -2.51. The van der Waals surface area contributed by atoms with E-state index >= 15 is 0 Å². The zero-order valence-electron chi connectivity index (χ0n) is 10.1. The van der Waals surface area contributed by atoms with Gasteiger partial charge in [-0.25, -0.2) is 9.98 Å². The third-order valence-corrected chi connectivity index (χ3v) is 2.28. The maximum atomic E-state index is 4.49. The van der Waals surface area contributed by atoms with Crippen molar-refractivity contribution in [3.63, 3.8) is 0 Å². The molecule has 3 nitrogen and oxygen atoms in total. The van der Waals surface area contributed by atoms with Gasteiger partial charge in [0.2, 0.25) is 0 Å². The highest BCUT2D eigenvalue weighted by atomic mass is 14.9. The van der Waals surface area contributed by atoms with Gasteiger partial charge >= 0.3 is 0 Å². The molecule has 0 saturated carbocycles. The van der Waals surface area contributed by atoms with E-state index in [9.17, 15) is 0 Å². The van der Waals surface area contributed by atoms with E-state index in [0.29, 0.717) is 5.84 Å². The van der Waals surface area contributed by atoms with Crippen molar-refractivity contribution < 1.29 is 0 Å². The quantitative estimate of drug-likeness (QED) is 0.563. The van der Waals surface area contributed by atoms with Crippen LogP contribution < -0.4 is 0 Å².